The van der Waals surface area contributed by atoms with Gasteiger partial charge < -0.3 is 10.2 Å². The van der Waals surface area contributed by atoms with Crippen LogP contribution >= 0.6 is 11.6 Å². The largest absolute Gasteiger partial charge is 0.354 e. The number of hydrogen-bond donors (Lipinski definition) is 1. The lowest BCUT2D eigenvalue weighted by Gasteiger charge is -2.32. The van der Waals surface area contributed by atoms with Crippen molar-refractivity contribution in [3.63, 3.8) is 0 Å². The van der Waals surface area contributed by atoms with Crippen LogP contribution in [0.2, 0.25) is 5.02 Å². The van der Waals surface area contributed by atoms with E-state index in [1.807, 2.05) is 18.3 Å². The van der Waals surface area contributed by atoms with Crippen LogP contribution in [0, 0.1) is 0 Å². The second-order valence-corrected chi connectivity index (χ2v) is 5.39. The Morgan fingerprint density at radius 3 is 2.89 bits per heavy atom. The monoisotopic (exact) mass is 266 g/mol. The van der Waals surface area contributed by atoms with Crippen LogP contribution in [0.25, 0.3) is 0 Å². The molecule has 0 amide bonds. The maximum Gasteiger partial charge on any atom is 0.147 e. The van der Waals surface area contributed by atoms with E-state index in [2.05, 4.69) is 20.1 Å². The Morgan fingerprint density at radius 1 is 1.28 bits per heavy atom. The molecule has 0 spiro atoms. The van der Waals surface area contributed by atoms with E-state index in [0.29, 0.717) is 6.04 Å². The minimum Gasteiger partial charge on any atom is -0.354 e. The quantitative estimate of drug-likeness (QED) is 0.872. The summed E-state index contributed by atoms with van der Waals surface area (Å²) in [7, 11) is 0. The van der Waals surface area contributed by atoms with Gasteiger partial charge in [0.25, 0.3) is 0 Å². The fraction of sp³-hybridized carbons (Fsp3) is 0.615. The van der Waals surface area contributed by atoms with E-state index in [-0.39, 0.29) is 0 Å². The molecule has 1 aromatic heterocycles. The van der Waals surface area contributed by atoms with Crippen LogP contribution < -0.4 is 10.2 Å². The Kier molecular flexibility index (Phi) is 3.68. The van der Waals surface area contributed by atoms with Crippen LogP contribution in [0.5, 0.6) is 0 Å². The average molecular weight is 267 g/mol. The standard InChI is InChI=1S/C13H19ClN4/c14-12-2-1-4-16-13(12)18-7-3-11(10-18)17-8-5-15-6-9-17/h1-2,4,11,15H,3,5-10H2. The highest BCUT2D eigenvalue weighted by Crippen LogP contribution is 2.27. The van der Waals surface area contributed by atoms with Gasteiger partial charge in [-0.15, -0.1) is 0 Å². The van der Waals surface area contributed by atoms with Gasteiger partial charge in [-0.3, -0.25) is 4.90 Å². The zero-order chi connectivity index (χ0) is 12.4. The molecule has 18 heavy (non-hydrogen) atoms. The van der Waals surface area contributed by atoms with Crippen molar-refractivity contribution in [1.29, 1.82) is 0 Å². The Bertz CT molecular complexity index is 406. The third kappa shape index (κ3) is 2.46. The van der Waals surface area contributed by atoms with Crippen LogP contribution in [0.1, 0.15) is 6.42 Å². The minimum atomic E-state index is 0.658. The highest BCUT2D eigenvalue weighted by atomic mass is 35.5. The lowest BCUT2D eigenvalue weighted by molar-refractivity contribution is 0.185. The number of aromatic nitrogens is 1. The molecular weight excluding hydrogens is 248 g/mol. The molecular formula is C13H19ClN4. The van der Waals surface area contributed by atoms with Crippen molar-refractivity contribution in [2.75, 3.05) is 44.2 Å². The van der Waals surface area contributed by atoms with E-state index in [4.69, 9.17) is 11.6 Å². The summed E-state index contributed by atoms with van der Waals surface area (Å²) in [6.45, 7) is 6.66. The lowest BCUT2D eigenvalue weighted by Crippen LogP contribution is -2.49. The van der Waals surface area contributed by atoms with E-state index >= 15 is 0 Å². The number of anilines is 1. The summed E-state index contributed by atoms with van der Waals surface area (Å²) in [5.41, 5.74) is 0. The van der Waals surface area contributed by atoms with E-state index in [9.17, 15) is 0 Å². The smallest absolute Gasteiger partial charge is 0.147 e. The molecule has 5 heteroatoms. The Hall–Kier alpha value is -0.840. The van der Waals surface area contributed by atoms with E-state index in [1.165, 1.54) is 6.42 Å². The van der Waals surface area contributed by atoms with Crippen molar-refractivity contribution in [3.05, 3.63) is 23.4 Å². The first-order chi connectivity index (χ1) is 8.84. The van der Waals surface area contributed by atoms with E-state index in [1.54, 1.807) is 0 Å². The highest BCUT2D eigenvalue weighted by molar-refractivity contribution is 6.32. The van der Waals surface area contributed by atoms with Crippen LogP contribution in [0.4, 0.5) is 5.82 Å². The number of rotatable bonds is 2. The molecule has 0 radical (unpaired) electrons. The summed E-state index contributed by atoms with van der Waals surface area (Å²) >= 11 is 6.21. The molecule has 2 saturated heterocycles. The number of nitrogens with one attached hydrogen (secondary N) is 1. The summed E-state index contributed by atoms with van der Waals surface area (Å²) in [4.78, 5) is 9.31. The molecule has 0 bridgehead atoms. The van der Waals surface area contributed by atoms with Gasteiger partial charge in [-0.25, -0.2) is 4.98 Å². The average Bonchev–Trinajstić information content (AvgIpc) is 2.90. The number of halogens is 1. The van der Waals surface area contributed by atoms with Gasteiger partial charge in [0.2, 0.25) is 0 Å². The van der Waals surface area contributed by atoms with Gasteiger partial charge in [-0.05, 0) is 18.6 Å². The van der Waals surface area contributed by atoms with E-state index in [0.717, 1.165) is 50.1 Å². The molecule has 2 fully saturated rings. The first-order valence-electron chi connectivity index (χ1n) is 6.65. The highest BCUT2D eigenvalue weighted by Gasteiger charge is 2.29. The Morgan fingerprint density at radius 2 is 2.11 bits per heavy atom. The lowest BCUT2D eigenvalue weighted by atomic mass is 10.2. The van der Waals surface area contributed by atoms with Crippen molar-refractivity contribution >= 4 is 17.4 Å². The van der Waals surface area contributed by atoms with Gasteiger partial charge in [0.05, 0.1) is 5.02 Å². The van der Waals surface area contributed by atoms with Crippen molar-refractivity contribution in [2.24, 2.45) is 0 Å². The molecule has 2 aliphatic heterocycles. The first-order valence-corrected chi connectivity index (χ1v) is 7.02. The maximum atomic E-state index is 6.21. The van der Waals surface area contributed by atoms with Gasteiger partial charge in [0, 0.05) is 51.5 Å². The van der Waals surface area contributed by atoms with Crippen molar-refractivity contribution in [1.82, 2.24) is 15.2 Å². The zero-order valence-corrected chi connectivity index (χ0v) is 11.2. The fourth-order valence-corrected chi connectivity index (χ4v) is 3.13. The maximum absolute atomic E-state index is 6.21. The fourth-order valence-electron chi connectivity index (χ4n) is 2.89. The summed E-state index contributed by atoms with van der Waals surface area (Å²) in [6, 6.07) is 4.46. The molecule has 3 rings (SSSR count). The van der Waals surface area contributed by atoms with Crippen LogP contribution in [-0.2, 0) is 0 Å². The van der Waals surface area contributed by atoms with Gasteiger partial charge in [-0.1, -0.05) is 11.6 Å². The van der Waals surface area contributed by atoms with Gasteiger partial charge in [0.1, 0.15) is 5.82 Å². The normalized spacial score (nSPS) is 25.6. The first kappa shape index (κ1) is 12.2. The summed E-state index contributed by atoms with van der Waals surface area (Å²) in [6.07, 6.45) is 3.03. The summed E-state index contributed by atoms with van der Waals surface area (Å²) < 4.78 is 0. The predicted molar refractivity (Wildman–Crippen MR) is 74.3 cm³/mol. The molecule has 1 atom stereocenters. The molecule has 98 valence electrons. The SMILES string of the molecule is Clc1cccnc1N1CCC(N2CCNCC2)C1. The van der Waals surface area contributed by atoms with Crippen LogP contribution in [0.3, 0.4) is 0 Å². The molecule has 2 aliphatic rings. The molecule has 3 heterocycles. The Balaban J connectivity index is 1.66. The second-order valence-electron chi connectivity index (χ2n) is 4.98. The minimum absolute atomic E-state index is 0.658. The number of nitrogens with zero attached hydrogens (tertiary/aromatic N) is 3. The van der Waals surface area contributed by atoms with Crippen LogP contribution in [0.15, 0.2) is 18.3 Å². The predicted octanol–water partition coefficient (Wildman–Crippen LogP) is 1.22. The molecule has 0 aromatic carbocycles. The van der Waals surface area contributed by atoms with Gasteiger partial charge in [0.15, 0.2) is 0 Å². The van der Waals surface area contributed by atoms with E-state index < -0.39 is 0 Å². The molecule has 1 aromatic rings. The molecule has 0 aliphatic carbocycles. The third-order valence-corrected chi connectivity index (χ3v) is 4.16. The number of pyridine rings is 1. The molecule has 1 N–H and O–H groups in total. The number of hydrogen-bond acceptors (Lipinski definition) is 4. The van der Waals surface area contributed by atoms with Crippen molar-refractivity contribution in [3.8, 4) is 0 Å². The van der Waals surface area contributed by atoms with Gasteiger partial charge in [-0.2, -0.15) is 0 Å². The Labute approximate surface area is 113 Å². The topological polar surface area (TPSA) is 31.4 Å². The molecule has 4 nitrogen and oxygen atoms in total. The third-order valence-electron chi connectivity index (χ3n) is 3.87. The van der Waals surface area contributed by atoms with Crippen LogP contribution in [-0.4, -0.2) is 55.2 Å². The second kappa shape index (κ2) is 5.43. The zero-order valence-electron chi connectivity index (χ0n) is 10.5. The summed E-state index contributed by atoms with van der Waals surface area (Å²) in [5, 5.41) is 4.16. The van der Waals surface area contributed by atoms with Gasteiger partial charge >= 0.3 is 0 Å². The molecule has 1 unspecified atom stereocenters. The summed E-state index contributed by atoms with van der Waals surface area (Å²) in [5.74, 6) is 0.941. The van der Waals surface area contributed by atoms with Crippen molar-refractivity contribution < 1.29 is 0 Å². The molecule has 0 saturated carbocycles. The number of piperazine rings is 1. The van der Waals surface area contributed by atoms with Crippen molar-refractivity contribution in [2.45, 2.75) is 12.5 Å².